The van der Waals surface area contributed by atoms with Gasteiger partial charge in [-0.15, -0.1) is 0 Å². The first-order valence-corrected chi connectivity index (χ1v) is 7.74. The van der Waals surface area contributed by atoms with Gasteiger partial charge in [0.2, 0.25) is 0 Å². The van der Waals surface area contributed by atoms with Crippen molar-refractivity contribution in [2.45, 2.75) is 11.8 Å². The van der Waals surface area contributed by atoms with Crippen LogP contribution in [0.1, 0.15) is 5.56 Å². The molecule has 0 aliphatic carbocycles. The van der Waals surface area contributed by atoms with E-state index in [1.807, 2.05) is 0 Å². The molecule has 0 atom stereocenters. The average molecular weight is 322 g/mol. The molecule has 0 aliphatic heterocycles. The highest BCUT2D eigenvalue weighted by Crippen LogP contribution is 2.25. The molecule has 0 radical (unpaired) electrons. The Labute approximate surface area is 127 Å². The first-order chi connectivity index (χ1) is 10.3. The molecule has 0 fully saturated rings. The van der Waals surface area contributed by atoms with E-state index in [-0.39, 0.29) is 16.3 Å². The Morgan fingerprint density at radius 2 is 1.77 bits per heavy atom. The minimum Gasteiger partial charge on any atom is -0.497 e. The van der Waals surface area contributed by atoms with Crippen molar-refractivity contribution in [3.63, 3.8) is 0 Å². The fraction of sp³-hybridized carbons (Fsp3) is 0.143. The Kier molecular flexibility index (Phi) is 4.32. The second-order valence-electron chi connectivity index (χ2n) is 4.54. The predicted octanol–water partition coefficient (Wildman–Crippen LogP) is 2.71. The minimum absolute atomic E-state index is 0.0409. The number of nitrogens with one attached hydrogen (secondary N) is 1. The summed E-state index contributed by atoms with van der Waals surface area (Å²) in [6.07, 6.45) is 0. The summed E-state index contributed by atoms with van der Waals surface area (Å²) >= 11 is 0. The van der Waals surface area contributed by atoms with Crippen molar-refractivity contribution in [2.75, 3.05) is 11.8 Å². The summed E-state index contributed by atoms with van der Waals surface area (Å²) in [6, 6.07) is 9.84. The molecule has 0 unspecified atom stereocenters. The molecule has 0 amide bonds. The van der Waals surface area contributed by atoms with E-state index in [0.717, 1.165) is 0 Å². The summed E-state index contributed by atoms with van der Waals surface area (Å²) in [5.41, 5.74) is 0.575. The van der Waals surface area contributed by atoms with Crippen LogP contribution >= 0.6 is 0 Å². The van der Waals surface area contributed by atoms with Crippen molar-refractivity contribution in [1.29, 1.82) is 0 Å². The molecule has 0 aromatic heterocycles. The van der Waals surface area contributed by atoms with Gasteiger partial charge in [-0.1, -0.05) is 6.07 Å². The van der Waals surface area contributed by atoms with Gasteiger partial charge >= 0.3 is 0 Å². The summed E-state index contributed by atoms with van der Waals surface area (Å²) in [7, 11) is -2.35. The predicted molar refractivity (Wildman–Crippen MR) is 81.6 cm³/mol. The third kappa shape index (κ3) is 3.34. The first kappa shape index (κ1) is 15.8. The molecule has 1 N–H and O–H groups in total. The largest absolute Gasteiger partial charge is 0.497 e. The van der Waals surface area contributed by atoms with Gasteiger partial charge in [0, 0.05) is 12.1 Å². The Morgan fingerprint density at radius 3 is 2.32 bits per heavy atom. The Bertz CT molecular complexity index is 800. The van der Waals surface area contributed by atoms with Crippen molar-refractivity contribution in [1.82, 2.24) is 0 Å². The number of aryl methyl sites for hydroxylation is 1. The van der Waals surface area contributed by atoms with Gasteiger partial charge in [-0.05, 0) is 36.8 Å². The highest BCUT2D eigenvalue weighted by atomic mass is 32.2. The summed E-state index contributed by atoms with van der Waals surface area (Å²) in [5, 5.41) is 10.8. The van der Waals surface area contributed by atoms with Gasteiger partial charge in [-0.2, -0.15) is 0 Å². The standard InChI is InChI=1S/C14H14N2O5S/c1-10-3-4-11(16(17)18)9-14(10)15-22(19,20)13-7-5-12(21-2)6-8-13/h3-9,15H,1-2H3. The third-order valence-electron chi connectivity index (χ3n) is 3.05. The van der Waals surface area contributed by atoms with E-state index in [2.05, 4.69) is 4.72 Å². The zero-order valence-corrected chi connectivity index (χ0v) is 12.8. The molecule has 116 valence electrons. The van der Waals surface area contributed by atoms with Crippen LogP contribution in [0, 0.1) is 17.0 Å². The maximum atomic E-state index is 12.3. The molecule has 0 bridgehead atoms. The number of ether oxygens (including phenoxy) is 1. The van der Waals surface area contributed by atoms with Crippen LogP contribution in [0.15, 0.2) is 47.4 Å². The lowest BCUT2D eigenvalue weighted by Gasteiger charge is -2.10. The first-order valence-electron chi connectivity index (χ1n) is 6.25. The molecule has 0 spiro atoms. The fourth-order valence-electron chi connectivity index (χ4n) is 1.79. The molecule has 0 saturated heterocycles. The van der Waals surface area contributed by atoms with E-state index in [1.54, 1.807) is 6.92 Å². The number of hydrogen-bond acceptors (Lipinski definition) is 5. The van der Waals surface area contributed by atoms with Crippen molar-refractivity contribution >= 4 is 21.4 Å². The van der Waals surface area contributed by atoms with E-state index in [1.165, 1.54) is 49.6 Å². The van der Waals surface area contributed by atoms with E-state index < -0.39 is 14.9 Å². The lowest BCUT2D eigenvalue weighted by Crippen LogP contribution is -2.13. The SMILES string of the molecule is COc1ccc(S(=O)(=O)Nc2cc([N+](=O)[O-])ccc2C)cc1. The number of rotatable bonds is 5. The van der Waals surface area contributed by atoms with Crippen LogP contribution in [0.3, 0.4) is 0 Å². The molecule has 0 saturated carbocycles. The molecule has 22 heavy (non-hydrogen) atoms. The van der Waals surface area contributed by atoms with Crippen LogP contribution in [0.25, 0.3) is 0 Å². The molecule has 7 nitrogen and oxygen atoms in total. The monoisotopic (exact) mass is 322 g/mol. The number of non-ortho nitro benzene ring substituents is 1. The second kappa shape index (κ2) is 6.02. The fourth-order valence-corrected chi connectivity index (χ4v) is 2.91. The molecule has 2 rings (SSSR count). The van der Waals surface area contributed by atoms with Crippen molar-refractivity contribution in [3.8, 4) is 5.75 Å². The quantitative estimate of drug-likeness (QED) is 0.674. The zero-order chi connectivity index (χ0) is 16.3. The van der Waals surface area contributed by atoms with E-state index in [4.69, 9.17) is 4.74 Å². The maximum Gasteiger partial charge on any atom is 0.271 e. The highest BCUT2D eigenvalue weighted by Gasteiger charge is 2.17. The summed E-state index contributed by atoms with van der Waals surface area (Å²) in [6.45, 7) is 1.66. The Morgan fingerprint density at radius 1 is 1.14 bits per heavy atom. The van der Waals surface area contributed by atoms with Gasteiger partial charge in [-0.25, -0.2) is 8.42 Å². The lowest BCUT2D eigenvalue weighted by molar-refractivity contribution is -0.384. The number of benzene rings is 2. The van der Waals surface area contributed by atoms with E-state index in [9.17, 15) is 18.5 Å². The Hall–Kier alpha value is -2.61. The number of nitrogens with zero attached hydrogens (tertiary/aromatic N) is 1. The van der Waals surface area contributed by atoms with Crippen molar-refractivity contribution in [3.05, 3.63) is 58.1 Å². The topological polar surface area (TPSA) is 98.5 Å². The summed E-state index contributed by atoms with van der Waals surface area (Å²) in [4.78, 5) is 10.2. The Balaban J connectivity index is 2.35. The maximum absolute atomic E-state index is 12.3. The molecule has 2 aromatic rings. The molecule has 2 aromatic carbocycles. The summed E-state index contributed by atoms with van der Waals surface area (Å²) in [5.74, 6) is 0.533. The molecule has 0 heterocycles. The van der Waals surface area contributed by atoms with Crippen LogP contribution in [-0.4, -0.2) is 20.5 Å². The number of methoxy groups -OCH3 is 1. The van der Waals surface area contributed by atoms with E-state index >= 15 is 0 Å². The van der Waals surface area contributed by atoms with Crippen LogP contribution < -0.4 is 9.46 Å². The summed E-state index contributed by atoms with van der Waals surface area (Å²) < 4.78 is 32.0. The van der Waals surface area contributed by atoms with Gasteiger partial charge < -0.3 is 4.74 Å². The smallest absolute Gasteiger partial charge is 0.271 e. The van der Waals surface area contributed by atoms with Gasteiger partial charge in [-0.3, -0.25) is 14.8 Å². The van der Waals surface area contributed by atoms with Gasteiger partial charge in [0.05, 0.1) is 22.6 Å². The number of anilines is 1. The average Bonchev–Trinajstić information content (AvgIpc) is 2.49. The van der Waals surface area contributed by atoms with Gasteiger partial charge in [0.25, 0.3) is 15.7 Å². The van der Waals surface area contributed by atoms with Crippen LogP contribution in [0.4, 0.5) is 11.4 Å². The van der Waals surface area contributed by atoms with Crippen LogP contribution in [-0.2, 0) is 10.0 Å². The van der Waals surface area contributed by atoms with Crippen LogP contribution in [0.2, 0.25) is 0 Å². The molecular formula is C14H14N2O5S. The molecular weight excluding hydrogens is 308 g/mol. The molecule has 0 aliphatic rings. The number of nitro benzene ring substituents is 1. The molecule has 8 heteroatoms. The van der Waals surface area contributed by atoms with Crippen molar-refractivity contribution in [2.24, 2.45) is 0 Å². The van der Waals surface area contributed by atoms with Gasteiger partial charge in [0.1, 0.15) is 5.75 Å². The second-order valence-corrected chi connectivity index (χ2v) is 6.22. The normalized spacial score (nSPS) is 11.0. The third-order valence-corrected chi connectivity index (χ3v) is 4.43. The number of sulfonamides is 1. The lowest BCUT2D eigenvalue weighted by atomic mass is 10.2. The highest BCUT2D eigenvalue weighted by molar-refractivity contribution is 7.92. The van der Waals surface area contributed by atoms with E-state index in [0.29, 0.717) is 11.3 Å². The number of hydrogen-bond donors (Lipinski definition) is 1. The number of nitro groups is 1. The minimum atomic E-state index is -3.83. The van der Waals surface area contributed by atoms with Crippen LogP contribution in [0.5, 0.6) is 5.75 Å². The zero-order valence-electron chi connectivity index (χ0n) is 11.9. The van der Waals surface area contributed by atoms with Gasteiger partial charge in [0.15, 0.2) is 0 Å². The van der Waals surface area contributed by atoms with Crippen molar-refractivity contribution < 1.29 is 18.1 Å².